The summed E-state index contributed by atoms with van der Waals surface area (Å²) >= 11 is 13.1. The first-order chi connectivity index (χ1) is 22.0. The number of carbonyl (C=O) groups excluding carboxylic acids is 1. The highest BCUT2D eigenvalue weighted by Gasteiger charge is 2.35. The fourth-order valence-electron chi connectivity index (χ4n) is 6.44. The van der Waals surface area contributed by atoms with Crippen LogP contribution in [-0.2, 0) is 17.9 Å². The Hall–Kier alpha value is -4.58. The molecule has 0 bridgehead atoms. The smallest absolute Gasteiger partial charge is 0.263 e. The third kappa shape index (κ3) is 5.37. The number of halogens is 2. The Morgan fingerprint density at radius 2 is 1.24 bits per heavy atom. The average molecular weight is 633 g/mol. The van der Waals surface area contributed by atoms with Gasteiger partial charge in [-0.1, -0.05) is 84.6 Å². The van der Waals surface area contributed by atoms with Crippen LogP contribution in [0.4, 0.5) is 11.4 Å². The van der Waals surface area contributed by atoms with Gasteiger partial charge in [0.1, 0.15) is 0 Å². The summed E-state index contributed by atoms with van der Waals surface area (Å²) in [6.07, 6.45) is 8.22. The molecule has 1 aliphatic heterocycles. The number of rotatable bonds is 9. The Bertz CT molecular complexity index is 2080. The Labute approximate surface area is 271 Å². The zero-order valence-electron chi connectivity index (χ0n) is 24.6. The van der Waals surface area contributed by atoms with Crippen molar-refractivity contribution in [2.45, 2.75) is 38.8 Å². The lowest BCUT2D eigenvalue weighted by atomic mass is 10.1. The minimum absolute atomic E-state index is 0.0955. The molecule has 1 aliphatic rings. The summed E-state index contributed by atoms with van der Waals surface area (Å²) in [5.41, 5.74) is 5.79. The van der Waals surface area contributed by atoms with Crippen molar-refractivity contribution in [3.8, 4) is 0 Å². The number of aryl methyl sites for hydroxylation is 2. The number of aromatic nitrogens is 2. The van der Waals surface area contributed by atoms with E-state index < -0.39 is 0 Å². The summed E-state index contributed by atoms with van der Waals surface area (Å²) in [6.45, 7) is 1.71. The molecular weight excluding hydrogens is 601 g/mol. The van der Waals surface area contributed by atoms with Crippen LogP contribution in [0.1, 0.15) is 36.9 Å². The molecule has 0 spiro atoms. The topological polar surface area (TPSA) is 47.2 Å². The van der Waals surface area contributed by atoms with Crippen molar-refractivity contribution in [2.24, 2.45) is 0 Å². The van der Waals surface area contributed by atoms with Crippen molar-refractivity contribution in [3.05, 3.63) is 141 Å². The molecule has 0 N–H and O–H groups in total. The quantitative estimate of drug-likeness (QED) is 0.0905. The molecule has 0 atom stereocenters. The van der Waals surface area contributed by atoms with Gasteiger partial charge in [-0.05, 0) is 73.5 Å². The maximum atomic E-state index is 13.8. The lowest BCUT2D eigenvalue weighted by Gasteiger charge is -2.20. The fourth-order valence-corrected chi connectivity index (χ4v) is 7.01. The van der Waals surface area contributed by atoms with Gasteiger partial charge in [0, 0.05) is 41.3 Å². The average Bonchev–Trinajstić information content (AvgIpc) is 3.62. The number of benzene rings is 4. The SMILES string of the molecule is O=C1/C(=C\c2cccn2CCCCCCn2c3ccccc3c(=O)c3ccccc32)c2ccccc2N1c1c(Cl)cccc1Cl. The van der Waals surface area contributed by atoms with E-state index in [1.54, 1.807) is 23.1 Å². The van der Waals surface area contributed by atoms with Gasteiger partial charge in [0.05, 0.1) is 38.0 Å². The first-order valence-corrected chi connectivity index (χ1v) is 16.0. The molecule has 0 unspecified atom stereocenters. The lowest BCUT2D eigenvalue weighted by molar-refractivity contribution is -0.112. The first kappa shape index (κ1) is 29.1. The van der Waals surface area contributed by atoms with Crippen LogP contribution in [0.5, 0.6) is 0 Å². The molecule has 0 fully saturated rings. The second-order valence-electron chi connectivity index (χ2n) is 11.3. The van der Waals surface area contributed by atoms with E-state index in [2.05, 4.69) is 15.3 Å². The molecule has 2 aromatic heterocycles. The Kier molecular flexibility index (Phi) is 8.05. The number of anilines is 2. The standard InChI is InChI=1S/C38H31Cl2N3O2/c39-31-17-11-18-32(40)36(31)43-35-21-8-3-14-27(35)30(38(43)45)25-26-13-12-23-41(26)22-9-1-2-10-24-42-33-19-6-4-15-28(33)37(44)29-16-5-7-20-34(29)42/h3-8,11-21,23,25H,1-2,9-10,22,24H2/b30-25-. The fraction of sp³-hybridized carbons (Fsp3) is 0.158. The third-order valence-corrected chi connectivity index (χ3v) is 9.21. The normalized spacial score (nSPS) is 13.8. The number of nitrogens with zero attached hydrogens (tertiary/aromatic N) is 3. The van der Waals surface area contributed by atoms with E-state index in [0.717, 1.165) is 77.5 Å². The molecule has 0 aliphatic carbocycles. The molecule has 1 amide bonds. The van der Waals surface area contributed by atoms with Crippen LogP contribution in [0, 0.1) is 0 Å². The molecule has 6 aromatic rings. The molecule has 7 heteroatoms. The van der Waals surface area contributed by atoms with Crippen molar-refractivity contribution in [1.29, 1.82) is 0 Å². The van der Waals surface area contributed by atoms with E-state index in [9.17, 15) is 9.59 Å². The predicted molar refractivity (Wildman–Crippen MR) is 187 cm³/mol. The number of unbranched alkanes of at least 4 members (excludes halogenated alkanes) is 3. The van der Waals surface area contributed by atoms with Gasteiger partial charge in [0.15, 0.2) is 5.43 Å². The van der Waals surface area contributed by atoms with Crippen LogP contribution in [0.15, 0.2) is 114 Å². The van der Waals surface area contributed by atoms with Gasteiger partial charge in [-0.2, -0.15) is 0 Å². The van der Waals surface area contributed by atoms with E-state index >= 15 is 0 Å². The van der Waals surface area contributed by atoms with Crippen molar-refractivity contribution in [2.75, 3.05) is 4.90 Å². The van der Waals surface area contributed by atoms with E-state index in [1.807, 2.05) is 91.0 Å². The highest BCUT2D eigenvalue weighted by Crippen LogP contribution is 2.46. The maximum Gasteiger partial charge on any atom is 0.263 e. The largest absolute Gasteiger partial charge is 0.348 e. The zero-order valence-corrected chi connectivity index (χ0v) is 26.1. The van der Waals surface area contributed by atoms with Crippen LogP contribution in [-0.4, -0.2) is 15.0 Å². The number of amides is 1. The number of hydrogen-bond acceptors (Lipinski definition) is 2. The molecule has 4 aromatic carbocycles. The Balaban J connectivity index is 1.04. The van der Waals surface area contributed by atoms with Crippen molar-refractivity contribution in [1.82, 2.24) is 9.13 Å². The molecule has 0 saturated heterocycles. The van der Waals surface area contributed by atoms with Crippen molar-refractivity contribution in [3.63, 3.8) is 0 Å². The monoisotopic (exact) mass is 631 g/mol. The molecule has 0 radical (unpaired) electrons. The van der Waals surface area contributed by atoms with Crippen LogP contribution in [0.25, 0.3) is 33.5 Å². The minimum atomic E-state index is -0.151. The highest BCUT2D eigenvalue weighted by molar-refractivity contribution is 6.44. The van der Waals surface area contributed by atoms with Crippen LogP contribution >= 0.6 is 23.2 Å². The van der Waals surface area contributed by atoms with Crippen molar-refractivity contribution < 1.29 is 4.79 Å². The van der Waals surface area contributed by atoms with Gasteiger partial charge < -0.3 is 9.13 Å². The summed E-state index contributed by atoms with van der Waals surface area (Å²) in [5, 5.41) is 2.40. The van der Waals surface area contributed by atoms with Gasteiger partial charge in [-0.15, -0.1) is 0 Å². The summed E-state index contributed by atoms with van der Waals surface area (Å²) < 4.78 is 4.49. The summed E-state index contributed by atoms with van der Waals surface area (Å²) in [6, 6.07) is 32.9. The Morgan fingerprint density at radius 3 is 1.96 bits per heavy atom. The van der Waals surface area contributed by atoms with Gasteiger partial charge >= 0.3 is 0 Å². The van der Waals surface area contributed by atoms with Crippen LogP contribution < -0.4 is 10.3 Å². The third-order valence-electron chi connectivity index (χ3n) is 8.60. The number of carbonyl (C=O) groups is 1. The summed E-state index contributed by atoms with van der Waals surface area (Å²) in [7, 11) is 0. The molecule has 5 nitrogen and oxygen atoms in total. The van der Waals surface area contributed by atoms with E-state index in [4.69, 9.17) is 23.2 Å². The molecule has 45 heavy (non-hydrogen) atoms. The molecule has 224 valence electrons. The van der Waals surface area contributed by atoms with E-state index in [0.29, 0.717) is 21.3 Å². The molecule has 7 rings (SSSR count). The lowest BCUT2D eigenvalue weighted by Crippen LogP contribution is -2.21. The molecule has 3 heterocycles. The van der Waals surface area contributed by atoms with E-state index in [1.165, 1.54) is 0 Å². The highest BCUT2D eigenvalue weighted by atomic mass is 35.5. The molecular formula is C38H31Cl2N3O2. The van der Waals surface area contributed by atoms with Gasteiger partial charge in [0.2, 0.25) is 0 Å². The van der Waals surface area contributed by atoms with Crippen LogP contribution in [0.3, 0.4) is 0 Å². The summed E-state index contributed by atoms with van der Waals surface area (Å²) in [4.78, 5) is 28.5. The number of para-hydroxylation sites is 4. The predicted octanol–water partition coefficient (Wildman–Crippen LogP) is 9.74. The zero-order chi connectivity index (χ0) is 30.9. The van der Waals surface area contributed by atoms with Crippen molar-refractivity contribution >= 4 is 73.9 Å². The van der Waals surface area contributed by atoms with Gasteiger partial charge in [-0.25, -0.2) is 0 Å². The van der Waals surface area contributed by atoms with Gasteiger partial charge in [0.25, 0.3) is 5.91 Å². The van der Waals surface area contributed by atoms with E-state index in [-0.39, 0.29) is 11.3 Å². The van der Waals surface area contributed by atoms with Crippen LogP contribution in [0.2, 0.25) is 10.0 Å². The number of pyridine rings is 1. The first-order valence-electron chi connectivity index (χ1n) is 15.3. The second kappa shape index (κ2) is 12.4. The number of hydrogen-bond donors (Lipinski definition) is 0. The summed E-state index contributed by atoms with van der Waals surface area (Å²) in [5.74, 6) is -0.151. The minimum Gasteiger partial charge on any atom is -0.348 e. The second-order valence-corrected chi connectivity index (χ2v) is 12.2. The maximum absolute atomic E-state index is 13.8. The number of fused-ring (bicyclic) bond motifs is 3. The Morgan fingerprint density at radius 1 is 0.622 bits per heavy atom. The molecule has 0 saturated carbocycles. The van der Waals surface area contributed by atoms with Gasteiger partial charge in [-0.3, -0.25) is 14.5 Å².